The third-order valence-electron chi connectivity index (χ3n) is 2.42. The van der Waals surface area contributed by atoms with Gasteiger partial charge in [-0.3, -0.25) is 0 Å². The van der Waals surface area contributed by atoms with E-state index in [1.807, 2.05) is 0 Å². The van der Waals surface area contributed by atoms with Crippen LogP contribution in [0.1, 0.15) is 18.1 Å². The van der Waals surface area contributed by atoms with Crippen molar-refractivity contribution in [1.82, 2.24) is 10.1 Å². The zero-order valence-corrected chi connectivity index (χ0v) is 7.80. The van der Waals surface area contributed by atoms with Crippen molar-refractivity contribution in [2.24, 2.45) is 0 Å². The van der Waals surface area contributed by atoms with Crippen LogP contribution in [0.3, 0.4) is 0 Å². The lowest BCUT2D eigenvalue weighted by Gasteiger charge is -2.22. The van der Waals surface area contributed by atoms with Crippen molar-refractivity contribution in [3.63, 3.8) is 0 Å². The van der Waals surface area contributed by atoms with E-state index in [0.29, 0.717) is 18.9 Å². The van der Waals surface area contributed by atoms with Crippen LogP contribution in [0, 0.1) is 6.92 Å². The molecule has 0 spiro atoms. The van der Waals surface area contributed by atoms with Gasteiger partial charge in [0.2, 0.25) is 11.7 Å². The average molecular weight is 200 g/mol. The van der Waals surface area contributed by atoms with Crippen LogP contribution in [-0.2, 0) is 10.3 Å². The highest BCUT2D eigenvalue weighted by molar-refractivity contribution is 5.06. The molecule has 1 aliphatic heterocycles. The summed E-state index contributed by atoms with van der Waals surface area (Å²) in [6, 6.07) is 0. The van der Waals surface area contributed by atoms with Crippen molar-refractivity contribution in [1.29, 1.82) is 0 Å². The molecule has 0 aliphatic carbocycles. The summed E-state index contributed by atoms with van der Waals surface area (Å²) in [4.78, 5) is 3.94. The van der Waals surface area contributed by atoms with Crippen molar-refractivity contribution in [3.8, 4) is 0 Å². The number of hydrogen-bond acceptors (Lipinski definition) is 6. The van der Waals surface area contributed by atoms with Gasteiger partial charge < -0.3 is 19.5 Å². The third kappa shape index (κ3) is 1.31. The molecule has 2 rings (SSSR count). The maximum absolute atomic E-state index is 10.2. The Labute approximate surface area is 80.5 Å². The van der Waals surface area contributed by atoms with Gasteiger partial charge >= 0.3 is 0 Å². The molecule has 6 nitrogen and oxygen atoms in total. The zero-order valence-electron chi connectivity index (χ0n) is 7.80. The van der Waals surface area contributed by atoms with E-state index in [0.717, 1.165) is 0 Å². The Balaban J connectivity index is 2.31. The second-order valence-corrected chi connectivity index (χ2v) is 3.35. The van der Waals surface area contributed by atoms with Gasteiger partial charge in [0.1, 0.15) is 6.10 Å². The smallest absolute Gasteiger partial charge is 0.223 e. The molecular formula is C8H12N2O4. The molecule has 0 saturated carbocycles. The highest BCUT2D eigenvalue weighted by Crippen LogP contribution is 2.33. The van der Waals surface area contributed by atoms with Crippen LogP contribution < -0.4 is 0 Å². The average Bonchev–Trinajstić information content (AvgIpc) is 2.72. The standard InChI is InChI=1S/C8H12N2O4/c1-5-9-7(10-14-5)8(12)2-3-13-6(8)4-11/h6,11-12H,2-4H2,1H3/t6-,8-/m0/s1. The van der Waals surface area contributed by atoms with E-state index >= 15 is 0 Å². The van der Waals surface area contributed by atoms with Crippen molar-refractivity contribution in [2.45, 2.75) is 25.0 Å². The normalized spacial score (nSPS) is 32.4. The van der Waals surface area contributed by atoms with Gasteiger partial charge in [0.05, 0.1) is 13.2 Å². The fourth-order valence-corrected chi connectivity index (χ4v) is 1.59. The minimum Gasteiger partial charge on any atom is -0.394 e. The van der Waals surface area contributed by atoms with Gasteiger partial charge in [0.25, 0.3) is 0 Å². The third-order valence-corrected chi connectivity index (χ3v) is 2.42. The number of aliphatic hydroxyl groups is 2. The molecular weight excluding hydrogens is 188 g/mol. The monoisotopic (exact) mass is 200 g/mol. The minimum atomic E-state index is -1.31. The van der Waals surface area contributed by atoms with E-state index in [9.17, 15) is 5.11 Å². The summed E-state index contributed by atoms with van der Waals surface area (Å²) in [6.45, 7) is 1.77. The van der Waals surface area contributed by atoms with Gasteiger partial charge in [0.15, 0.2) is 5.60 Å². The molecule has 1 fully saturated rings. The van der Waals surface area contributed by atoms with Gasteiger partial charge in [-0.25, -0.2) is 0 Å². The molecule has 6 heteroatoms. The van der Waals surface area contributed by atoms with Gasteiger partial charge in [-0.15, -0.1) is 0 Å². The van der Waals surface area contributed by atoms with E-state index in [2.05, 4.69) is 10.1 Å². The van der Waals surface area contributed by atoms with Gasteiger partial charge in [-0.1, -0.05) is 5.16 Å². The topological polar surface area (TPSA) is 88.6 Å². The molecule has 1 aliphatic rings. The molecule has 14 heavy (non-hydrogen) atoms. The maximum Gasteiger partial charge on any atom is 0.223 e. The number of ether oxygens (including phenoxy) is 1. The second kappa shape index (κ2) is 3.30. The van der Waals surface area contributed by atoms with Gasteiger partial charge in [-0.05, 0) is 0 Å². The SMILES string of the molecule is Cc1nc([C@]2(O)CCO[C@H]2CO)no1. The number of aliphatic hydroxyl groups excluding tert-OH is 1. The predicted octanol–water partition coefficient (Wildman–Crippen LogP) is -0.653. The van der Waals surface area contributed by atoms with E-state index < -0.39 is 11.7 Å². The highest BCUT2D eigenvalue weighted by atomic mass is 16.5. The number of hydrogen-bond donors (Lipinski definition) is 2. The number of nitrogens with zero attached hydrogens (tertiary/aromatic N) is 2. The van der Waals surface area contributed by atoms with Crippen molar-refractivity contribution < 1.29 is 19.5 Å². The first-order valence-electron chi connectivity index (χ1n) is 4.42. The first kappa shape index (κ1) is 9.57. The molecule has 0 bridgehead atoms. The predicted molar refractivity (Wildman–Crippen MR) is 44.4 cm³/mol. The van der Waals surface area contributed by atoms with Crippen LogP contribution in [-0.4, -0.2) is 39.7 Å². The lowest BCUT2D eigenvalue weighted by atomic mass is 9.95. The molecule has 2 atom stereocenters. The second-order valence-electron chi connectivity index (χ2n) is 3.35. The lowest BCUT2D eigenvalue weighted by molar-refractivity contribution is -0.0715. The molecule has 1 aromatic rings. The summed E-state index contributed by atoms with van der Waals surface area (Å²) in [5, 5.41) is 22.8. The number of aryl methyl sites for hydroxylation is 1. The van der Waals surface area contributed by atoms with Crippen LogP contribution in [0.4, 0.5) is 0 Å². The van der Waals surface area contributed by atoms with E-state index in [1.165, 1.54) is 0 Å². The Morgan fingerprint density at radius 1 is 1.64 bits per heavy atom. The fraction of sp³-hybridized carbons (Fsp3) is 0.750. The molecule has 1 saturated heterocycles. The minimum absolute atomic E-state index is 0.187. The Bertz CT molecular complexity index is 327. The molecule has 78 valence electrons. The Kier molecular flexibility index (Phi) is 2.26. The molecule has 0 aromatic carbocycles. The van der Waals surface area contributed by atoms with Crippen LogP contribution in [0.2, 0.25) is 0 Å². The van der Waals surface area contributed by atoms with Gasteiger partial charge in [-0.2, -0.15) is 4.98 Å². The summed E-state index contributed by atoms with van der Waals surface area (Å²) >= 11 is 0. The van der Waals surface area contributed by atoms with E-state index in [-0.39, 0.29) is 12.4 Å². The summed E-state index contributed by atoms with van der Waals surface area (Å²) < 4.78 is 9.94. The van der Waals surface area contributed by atoms with Crippen molar-refractivity contribution in [2.75, 3.05) is 13.2 Å². The lowest BCUT2D eigenvalue weighted by Crippen LogP contribution is -2.38. The van der Waals surface area contributed by atoms with Crippen LogP contribution in [0.15, 0.2) is 4.52 Å². The summed E-state index contributed by atoms with van der Waals surface area (Å²) in [6.07, 6.45) is -0.295. The number of aromatic nitrogens is 2. The van der Waals surface area contributed by atoms with Gasteiger partial charge in [0, 0.05) is 13.3 Å². The van der Waals surface area contributed by atoms with Crippen LogP contribution in [0.5, 0.6) is 0 Å². The Morgan fingerprint density at radius 3 is 3.00 bits per heavy atom. The Hall–Kier alpha value is -0.980. The van der Waals surface area contributed by atoms with Crippen LogP contribution >= 0.6 is 0 Å². The molecule has 2 N–H and O–H groups in total. The molecule has 0 unspecified atom stereocenters. The largest absolute Gasteiger partial charge is 0.394 e. The van der Waals surface area contributed by atoms with E-state index in [1.54, 1.807) is 6.92 Å². The molecule has 1 aromatic heterocycles. The zero-order chi connectivity index (χ0) is 10.2. The maximum atomic E-state index is 10.2. The fourth-order valence-electron chi connectivity index (χ4n) is 1.59. The van der Waals surface area contributed by atoms with Crippen molar-refractivity contribution >= 4 is 0 Å². The van der Waals surface area contributed by atoms with E-state index in [4.69, 9.17) is 14.4 Å². The molecule has 0 radical (unpaired) electrons. The first-order chi connectivity index (χ1) is 6.66. The van der Waals surface area contributed by atoms with Crippen LogP contribution in [0.25, 0.3) is 0 Å². The highest BCUT2D eigenvalue weighted by Gasteiger charge is 2.47. The summed E-state index contributed by atoms with van der Waals surface area (Å²) in [7, 11) is 0. The summed E-state index contributed by atoms with van der Waals surface area (Å²) in [5.41, 5.74) is -1.31. The summed E-state index contributed by atoms with van der Waals surface area (Å²) in [5.74, 6) is 0.573. The quantitative estimate of drug-likeness (QED) is 0.659. The van der Waals surface area contributed by atoms with Crippen molar-refractivity contribution in [3.05, 3.63) is 11.7 Å². The molecule has 2 heterocycles. The molecule has 0 amide bonds. The Morgan fingerprint density at radius 2 is 2.43 bits per heavy atom. The first-order valence-corrected chi connectivity index (χ1v) is 4.42. The number of rotatable bonds is 2.